The second-order valence-electron chi connectivity index (χ2n) is 6.53. The van der Waals surface area contributed by atoms with Crippen LogP contribution < -0.4 is 10.2 Å². The van der Waals surface area contributed by atoms with Crippen molar-refractivity contribution in [3.8, 4) is 0 Å². The third kappa shape index (κ3) is 4.43. The summed E-state index contributed by atoms with van der Waals surface area (Å²) >= 11 is 1.91. The zero-order chi connectivity index (χ0) is 15.2. The highest BCUT2D eigenvalue weighted by Crippen LogP contribution is 2.34. The van der Waals surface area contributed by atoms with Gasteiger partial charge in [-0.1, -0.05) is 34.1 Å². The molecule has 0 bridgehead atoms. The molecule has 0 aromatic carbocycles. The summed E-state index contributed by atoms with van der Waals surface area (Å²) in [6.07, 6.45) is 5.20. The molecule has 0 amide bonds. The molecule has 1 unspecified atom stereocenters. The summed E-state index contributed by atoms with van der Waals surface area (Å²) in [5.74, 6) is 1.39. The van der Waals surface area contributed by atoms with E-state index in [2.05, 4.69) is 37.9 Å². The minimum atomic E-state index is 0.516. The van der Waals surface area contributed by atoms with Crippen molar-refractivity contribution in [2.75, 3.05) is 24.5 Å². The maximum absolute atomic E-state index is 4.97. The van der Waals surface area contributed by atoms with E-state index in [4.69, 9.17) is 4.98 Å². The number of hydrogen-bond donors (Lipinski definition) is 1. The van der Waals surface area contributed by atoms with Crippen LogP contribution in [0.5, 0.6) is 0 Å². The number of aromatic nitrogens is 1. The van der Waals surface area contributed by atoms with Crippen molar-refractivity contribution in [1.29, 1.82) is 0 Å². The standard InChI is InChI=1S/C17H31N3S/c1-5-7-14-8-10-20(12-14)17-19-16(13(3)4)15(21-17)11-18-9-6-2/h13-14,18H,5-12H2,1-4H3. The number of thiazole rings is 1. The zero-order valence-corrected chi connectivity index (χ0v) is 14.9. The van der Waals surface area contributed by atoms with Gasteiger partial charge in [-0.05, 0) is 37.6 Å². The van der Waals surface area contributed by atoms with Crippen molar-refractivity contribution < 1.29 is 0 Å². The minimum absolute atomic E-state index is 0.516. The Kier molecular flexibility index (Phi) is 6.49. The van der Waals surface area contributed by atoms with Crippen molar-refractivity contribution in [1.82, 2.24) is 10.3 Å². The number of hydrogen-bond acceptors (Lipinski definition) is 4. The van der Waals surface area contributed by atoms with E-state index in [1.165, 1.54) is 54.5 Å². The number of nitrogens with one attached hydrogen (secondary N) is 1. The number of nitrogens with zero attached hydrogens (tertiary/aromatic N) is 2. The highest BCUT2D eigenvalue weighted by molar-refractivity contribution is 7.15. The van der Waals surface area contributed by atoms with Crippen molar-refractivity contribution in [2.24, 2.45) is 5.92 Å². The van der Waals surface area contributed by atoms with E-state index in [9.17, 15) is 0 Å². The van der Waals surface area contributed by atoms with Gasteiger partial charge in [-0.3, -0.25) is 0 Å². The van der Waals surface area contributed by atoms with Gasteiger partial charge in [0.15, 0.2) is 5.13 Å². The molecule has 1 aliphatic heterocycles. The zero-order valence-electron chi connectivity index (χ0n) is 14.1. The predicted molar refractivity (Wildman–Crippen MR) is 93.4 cm³/mol. The van der Waals surface area contributed by atoms with Gasteiger partial charge in [0.05, 0.1) is 5.69 Å². The highest BCUT2D eigenvalue weighted by Gasteiger charge is 2.25. The molecule has 21 heavy (non-hydrogen) atoms. The summed E-state index contributed by atoms with van der Waals surface area (Å²) in [5.41, 5.74) is 1.30. The second-order valence-corrected chi connectivity index (χ2v) is 7.59. The molecule has 1 aromatic heterocycles. The Hall–Kier alpha value is -0.610. The molecule has 1 N–H and O–H groups in total. The first-order chi connectivity index (χ1) is 10.2. The normalized spacial score (nSPS) is 18.9. The Bertz CT molecular complexity index is 428. The van der Waals surface area contributed by atoms with Crippen LogP contribution >= 0.6 is 11.3 Å². The van der Waals surface area contributed by atoms with E-state index in [-0.39, 0.29) is 0 Å². The Morgan fingerprint density at radius 2 is 2.14 bits per heavy atom. The van der Waals surface area contributed by atoms with Gasteiger partial charge in [-0.2, -0.15) is 0 Å². The molecule has 1 atom stereocenters. The summed E-state index contributed by atoms with van der Waals surface area (Å²) in [5, 5.41) is 4.79. The van der Waals surface area contributed by atoms with Crippen molar-refractivity contribution in [3.63, 3.8) is 0 Å². The molecule has 1 fully saturated rings. The quantitative estimate of drug-likeness (QED) is 0.722. The molecule has 0 saturated carbocycles. The topological polar surface area (TPSA) is 28.2 Å². The van der Waals surface area contributed by atoms with Gasteiger partial charge in [0, 0.05) is 24.5 Å². The lowest BCUT2D eigenvalue weighted by atomic mass is 10.0. The van der Waals surface area contributed by atoms with Crippen LogP contribution in [0.1, 0.15) is 69.9 Å². The van der Waals surface area contributed by atoms with Crippen LogP contribution in [0, 0.1) is 5.92 Å². The molecule has 4 heteroatoms. The Labute approximate surface area is 134 Å². The smallest absolute Gasteiger partial charge is 0.185 e. The summed E-state index contributed by atoms with van der Waals surface area (Å²) in [6.45, 7) is 13.5. The number of anilines is 1. The maximum Gasteiger partial charge on any atom is 0.185 e. The summed E-state index contributed by atoms with van der Waals surface area (Å²) in [6, 6.07) is 0. The lowest BCUT2D eigenvalue weighted by Gasteiger charge is -2.14. The third-order valence-electron chi connectivity index (χ3n) is 4.23. The maximum atomic E-state index is 4.97. The van der Waals surface area contributed by atoms with E-state index in [0.29, 0.717) is 5.92 Å². The SMILES string of the molecule is CCCNCc1sc(N2CCC(CCC)C2)nc1C(C)C. The molecule has 3 nitrogen and oxygen atoms in total. The molecular formula is C17H31N3S. The molecule has 120 valence electrons. The Balaban J connectivity index is 2.05. The number of rotatable bonds is 8. The fraction of sp³-hybridized carbons (Fsp3) is 0.824. The molecule has 1 aromatic rings. The first kappa shape index (κ1) is 16.8. The second kappa shape index (κ2) is 8.14. The molecule has 0 spiro atoms. The van der Waals surface area contributed by atoms with E-state index >= 15 is 0 Å². The monoisotopic (exact) mass is 309 g/mol. The van der Waals surface area contributed by atoms with Gasteiger partial charge in [-0.15, -0.1) is 11.3 Å². The molecule has 0 radical (unpaired) electrons. The van der Waals surface area contributed by atoms with Crippen LogP contribution in [-0.4, -0.2) is 24.6 Å². The first-order valence-corrected chi connectivity index (χ1v) is 9.42. The van der Waals surface area contributed by atoms with Gasteiger partial charge < -0.3 is 10.2 Å². The lowest BCUT2D eigenvalue weighted by Crippen LogP contribution is -2.19. The van der Waals surface area contributed by atoms with E-state index < -0.39 is 0 Å². The molecule has 1 aliphatic rings. The minimum Gasteiger partial charge on any atom is -0.348 e. The van der Waals surface area contributed by atoms with Crippen molar-refractivity contribution in [2.45, 2.75) is 65.8 Å². The van der Waals surface area contributed by atoms with E-state index in [1.807, 2.05) is 11.3 Å². The molecule has 1 saturated heterocycles. The largest absolute Gasteiger partial charge is 0.348 e. The summed E-state index contributed by atoms with van der Waals surface area (Å²) < 4.78 is 0. The van der Waals surface area contributed by atoms with Gasteiger partial charge >= 0.3 is 0 Å². The van der Waals surface area contributed by atoms with Crippen LogP contribution in [0.15, 0.2) is 0 Å². The molecular weight excluding hydrogens is 278 g/mol. The van der Waals surface area contributed by atoms with E-state index in [0.717, 1.165) is 19.0 Å². The fourth-order valence-corrected chi connectivity index (χ4v) is 4.31. The van der Waals surface area contributed by atoms with Crippen LogP contribution in [-0.2, 0) is 6.54 Å². The third-order valence-corrected chi connectivity index (χ3v) is 5.36. The van der Waals surface area contributed by atoms with Crippen LogP contribution in [0.2, 0.25) is 0 Å². The van der Waals surface area contributed by atoms with Gasteiger partial charge in [0.1, 0.15) is 0 Å². The average Bonchev–Trinajstić information content (AvgIpc) is 3.06. The van der Waals surface area contributed by atoms with Crippen LogP contribution in [0.4, 0.5) is 5.13 Å². The van der Waals surface area contributed by atoms with Crippen molar-refractivity contribution >= 4 is 16.5 Å². The predicted octanol–water partition coefficient (Wildman–Crippen LogP) is 4.39. The van der Waals surface area contributed by atoms with Crippen LogP contribution in [0.3, 0.4) is 0 Å². The summed E-state index contributed by atoms with van der Waals surface area (Å²) in [7, 11) is 0. The van der Waals surface area contributed by atoms with Gasteiger partial charge in [-0.25, -0.2) is 4.98 Å². The van der Waals surface area contributed by atoms with E-state index in [1.54, 1.807) is 0 Å². The van der Waals surface area contributed by atoms with Crippen molar-refractivity contribution in [3.05, 3.63) is 10.6 Å². The first-order valence-electron chi connectivity index (χ1n) is 8.60. The Morgan fingerprint density at radius 1 is 1.33 bits per heavy atom. The highest BCUT2D eigenvalue weighted by atomic mass is 32.1. The lowest BCUT2D eigenvalue weighted by molar-refractivity contribution is 0.529. The average molecular weight is 310 g/mol. The van der Waals surface area contributed by atoms with Crippen LogP contribution in [0.25, 0.3) is 0 Å². The molecule has 2 rings (SSSR count). The molecule has 0 aliphatic carbocycles. The molecule has 2 heterocycles. The van der Waals surface area contributed by atoms with Gasteiger partial charge in [0.25, 0.3) is 0 Å². The van der Waals surface area contributed by atoms with Gasteiger partial charge in [0.2, 0.25) is 0 Å². The fourth-order valence-electron chi connectivity index (χ4n) is 3.09. The Morgan fingerprint density at radius 3 is 2.81 bits per heavy atom. The summed E-state index contributed by atoms with van der Waals surface area (Å²) in [4.78, 5) is 8.92.